The fourth-order valence-electron chi connectivity index (χ4n) is 1.92. The number of nitrogens with two attached hydrogens (primary N) is 1. The van der Waals surface area contributed by atoms with Gasteiger partial charge in [-0.05, 0) is 29.8 Å². The molecule has 2 aromatic carbocycles. The van der Waals surface area contributed by atoms with E-state index in [9.17, 15) is 26.3 Å². The maximum Gasteiger partial charge on any atom is 0.422 e. The average Bonchev–Trinajstić information content (AvgIpc) is 2.52. The molecule has 0 amide bonds. The van der Waals surface area contributed by atoms with E-state index < -0.39 is 23.5 Å². The Bertz CT molecular complexity index is 750. The summed E-state index contributed by atoms with van der Waals surface area (Å²) >= 11 is 0. The summed E-state index contributed by atoms with van der Waals surface area (Å²) in [6.45, 7) is 0. The van der Waals surface area contributed by atoms with Crippen molar-refractivity contribution in [2.45, 2.75) is 17.9 Å². The molecule has 0 aromatic heterocycles. The van der Waals surface area contributed by atoms with Crippen LogP contribution in [0.1, 0.15) is 16.7 Å². The van der Waals surface area contributed by atoms with E-state index in [0.717, 1.165) is 24.3 Å². The van der Waals surface area contributed by atoms with Gasteiger partial charge in [-0.1, -0.05) is 42.2 Å². The van der Waals surface area contributed by atoms with Crippen LogP contribution < -0.4 is 5.73 Å². The predicted octanol–water partition coefficient (Wildman–Crippen LogP) is 4.47. The molecule has 126 valence electrons. The second kappa shape index (κ2) is 6.21. The van der Waals surface area contributed by atoms with Gasteiger partial charge in [-0.2, -0.15) is 26.3 Å². The normalized spacial score (nSPS) is 14.5. The Morgan fingerprint density at radius 1 is 0.708 bits per heavy atom. The van der Waals surface area contributed by atoms with E-state index in [0.29, 0.717) is 0 Å². The van der Waals surface area contributed by atoms with Gasteiger partial charge in [-0.3, -0.25) is 0 Å². The number of hydrogen-bond acceptors (Lipinski definition) is 1. The van der Waals surface area contributed by atoms with E-state index in [1.165, 1.54) is 30.3 Å². The van der Waals surface area contributed by atoms with E-state index >= 15 is 0 Å². The van der Waals surface area contributed by atoms with Crippen molar-refractivity contribution in [2.24, 2.45) is 5.73 Å². The molecule has 0 aliphatic carbocycles. The average molecular weight is 343 g/mol. The Morgan fingerprint density at radius 3 is 1.71 bits per heavy atom. The molecule has 0 saturated carbocycles. The van der Waals surface area contributed by atoms with Gasteiger partial charge in [0.1, 0.15) is 0 Å². The van der Waals surface area contributed by atoms with Gasteiger partial charge in [-0.25, -0.2) is 0 Å². The minimum atomic E-state index is -4.85. The van der Waals surface area contributed by atoms with E-state index in [2.05, 4.69) is 5.92 Å². The fourth-order valence-corrected chi connectivity index (χ4v) is 1.92. The quantitative estimate of drug-likeness (QED) is 0.600. The number of benzene rings is 2. The smallest absolute Gasteiger partial charge is 0.304 e. The minimum Gasteiger partial charge on any atom is -0.304 e. The first-order chi connectivity index (χ1) is 11.0. The van der Waals surface area contributed by atoms with Gasteiger partial charge in [-0.15, -0.1) is 0 Å². The third-order valence-electron chi connectivity index (χ3n) is 3.29. The summed E-state index contributed by atoms with van der Waals surface area (Å²) < 4.78 is 77.4. The van der Waals surface area contributed by atoms with Gasteiger partial charge < -0.3 is 5.73 Å². The molecule has 0 heterocycles. The zero-order chi connectivity index (χ0) is 18.0. The molecule has 0 aliphatic heterocycles. The van der Waals surface area contributed by atoms with Gasteiger partial charge in [0.15, 0.2) is 5.54 Å². The Morgan fingerprint density at radius 2 is 1.25 bits per heavy atom. The number of alkyl halides is 6. The van der Waals surface area contributed by atoms with Crippen molar-refractivity contribution in [3.8, 4) is 11.8 Å². The van der Waals surface area contributed by atoms with Gasteiger partial charge in [0.05, 0.1) is 5.56 Å². The first kappa shape index (κ1) is 17.9. The van der Waals surface area contributed by atoms with Crippen LogP contribution in [0.25, 0.3) is 0 Å². The molecule has 0 fully saturated rings. The van der Waals surface area contributed by atoms with Crippen molar-refractivity contribution >= 4 is 0 Å². The minimum absolute atomic E-state index is 0.00185. The number of hydrogen-bond donors (Lipinski definition) is 1. The van der Waals surface area contributed by atoms with Crippen molar-refractivity contribution < 1.29 is 26.3 Å². The second-order valence-electron chi connectivity index (χ2n) is 5.00. The molecule has 0 bridgehead atoms. The van der Waals surface area contributed by atoms with Crippen LogP contribution in [0.5, 0.6) is 0 Å². The molecular weight excluding hydrogens is 332 g/mol. The fraction of sp³-hybridized carbons (Fsp3) is 0.176. The Balaban J connectivity index is 2.41. The zero-order valence-electron chi connectivity index (χ0n) is 12.0. The molecule has 2 rings (SSSR count). The lowest BCUT2D eigenvalue weighted by atomic mass is 9.90. The molecule has 0 saturated heterocycles. The van der Waals surface area contributed by atoms with Crippen LogP contribution in [0.15, 0.2) is 54.6 Å². The summed E-state index contributed by atoms with van der Waals surface area (Å²) in [6.07, 6.45) is -9.38. The highest BCUT2D eigenvalue weighted by atomic mass is 19.4. The van der Waals surface area contributed by atoms with Crippen molar-refractivity contribution in [1.82, 2.24) is 0 Å². The third kappa shape index (κ3) is 3.71. The summed E-state index contributed by atoms with van der Waals surface area (Å²) in [5.74, 6) is 4.15. The number of halogens is 6. The molecule has 0 spiro atoms. The summed E-state index contributed by atoms with van der Waals surface area (Å²) in [4.78, 5) is 0. The second-order valence-corrected chi connectivity index (χ2v) is 5.00. The Hall–Kier alpha value is -2.46. The number of rotatable bonds is 1. The highest BCUT2D eigenvalue weighted by molar-refractivity contribution is 5.43. The van der Waals surface area contributed by atoms with Crippen molar-refractivity contribution in [3.63, 3.8) is 0 Å². The van der Waals surface area contributed by atoms with Crippen molar-refractivity contribution in [2.75, 3.05) is 0 Å². The highest BCUT2D eigenvalue weighted by Crippen LogP contribution is 2.36. The topological polar surface area (TPSA) is 26.0 Å². The first-order valence-electron chi connectivity index (χ1n) is 6.65. The summed E-state index contributed by atoms with van der Waals surface area (Å²) in [5.41, 5.74) is 1.38. The highest BCUT2D eigenvalue weighted by Gasteiger charge is 2.52. The Kier molecular flexibility index (Phi) is 4.63. The SMILES string of the molecule is NC(C#Cc1ccc(C(F)(F)F)cc1)(c1ccccc1)C(F)(F)F. The van der Waals surface area contributed by atoms with Gasteiger partial charge >= 0.3 is 12.4 Å². The van der Waals surface area contributed by atoms with Gasteiger partial charge in [0, 0.05) is 5.56 Å². The van der Waals surface area contributed by atoms with E-state index in [4.69, 9.17) is 5.73 Å². The first-order valence-corrected chi connectivity index (χ1v) is 6.65. The largest absolute Gasteiger partial charge is 0.422 e. The van der Waals surface area contributed by atoms with Crippen LogP contribution >= 0.6 is 0 Å². The van der Waals surface area contributed by atoms with Crippen LogP contribution in [-0.4, -0.2) is 6.18 Å². The lowest BCUT2D eigenvalue weighted by Crippen LogP contribution is -2.49. The summed E-state index contributed by atoms with van der Waals surface area (Å²) in [6, 6.07) is 10.2. The van der Waals surface area contributed by atoms with Crippen LogP contribution in [0, 0.1) is 11.8 Å². The third-order valence-corrected chi connectivity index (χ3v) is 3.29. The lowest BCUT2D eigenvalue weighted by Gasteiger charge is -2.26. The molecule has 24 heavy (non-hydrogen) atoms. The van der Waals surface area contributed by atoms with Gasteiger partial charge in [0.25, 0.3) is 0 Å². The van der Waals surface area contributed by atoms with Crippen LogP contribution in [0.3, 0.4) is 0 Å². The standard InChI is InChI=1S/C17H11F6N/c18-16(19,20)14-8-6-12(7-9-14)10-11-15(24,17(21,22)23)13-4-2-1-3-5-13/h1-9H,24H2. The molecule has 0 aliphatic rings. The maximum atomic E-state index is 13.3. The van der Waals surface area contributed by atoms with Gasteiger partial charge in [0.2, 0.25) is 0 Å². The molecule has 1 unspecified atom stereocenters. The monoisotopic (exact) mass is 343 g/mol. The van der Waals surface area contributed by atoms with Crippen LogP contribution in [0.4, 0.5) is 26.3 Å². The zero-order valence-corrected chi connectivity index (χ0v) is 12.0. The van der Waals surface area contributed by atoms with E-state index in [1.54, 1.807) is 0 Å². The van der Waals surface area contributed by atoms with Crippen LogP contribution in [0.2, 0.25) is 0 Å². The molecule has 2 aromatic rings. The van der Waals surface area contributed by atoms with E-state index in [1.807, 2.05) is 5.92 Å². The maximum absolute atomic E-state index is 13.3. The lowest BCUT2D eigenvalue weighted by molar-refractivity contribution is -0.171. The van der Waals surface area contributed by atoms with E-state index in [-0.39, 0.29) is 11.1 Å². The molecule has 7 heteroatoms. The molecule has 1 atom stereocenters. The van der Waals surface area contributed by atoms with Crippen molar-refractivity contribution in [3.05, 3.63) is 71.3 Å². The molecular formula is C17H11F6N. The predicted molar refractivity (Wildman–Crippen MR) is 76.7 cm³/mol. The Labute approximate surface area is 134 Å². The molecule has 0 radical (unpaired) electrons. The molecule has 1 nitrogen and oxygen atoms in total. The summed E-state index contributed by atoms with van der Waals surface area (Å²) in [5, 5.41) is 0. The van der Waals surface area contributed by atoms with Crippen LogP contribution in [-0.2, 0) is 11.7 Å². The summed E-state index contributed by atoms with van der Waals surface area (Å²) in [7, 11) is 0. The van der Waals surface area contributed by atoms with Crippen molar-refractivity contribution in [1.29, 1.82) is 0 Å². The molecule has 2 N–H and O–H groups in total.